The third-order valence-corrected chi connectivity index (χ3v) is 5.46. The van der Waals surface area contributed by atoms with Crippen molar-refractivity contribution in [2.75, 3.05) is 19.6 Å². The van der Waals surface area contributed by atoms with Gasteiger partial charge in [-0.15, -0.1) is 0 Å². The van der Waals surface area contributed by atoms with Gasteiger partial charge in [0, 0.05) is 30.7 Å². The van der Waals surface area contributed by atoms with E-state index in [4.69, 9.17) is 0 Å². The van der Waals surface area contributed by atoms with Gasteiger partial charge in [-0.25, -0.2) is 21.9 Å². The number of sulfonamides is 1. The SMILES string of the molecule is CC(C)NS(=O)(=O)c1cccc(C(=O)NC2CCN(CC(F)F)C2)c1. The Kier molecular flexibility index (Phi) is 6.47. The maximum atomic E-state index is 12.4. The van der Waals surface area contributed by atoms with Crippen LogP contribution in [0.5, 0.6) is 0 Å². The van der Waals surface area contributed by atoms with Crippen LogP contribution in [0.25, 0.3) is 0 Å². The van der Waals surface area contributed by atoms with Crippen LogP contribution in [0.4, 0.5) is 8.78 Å². The van der Waals surface area contributed by atoms with Crippen LogP contribution in [0.2, 0.25) is 0 Å². The van der Waals surface area contributed by atoms with E-state index in [1.165, 1.54) is 24.3 Å². The second-order valence-electron chi connectivity index (χ2n) is 6.41. The lowest BCUT2D eigenvalue weighted by Crippen LogP contribution is -2.38. The molecule has 0 saturated carbocycles. The molecule has 1 saturated heterocycles. The van der Waals surface area contributed by atoms with E-state index in [0.717, 1.165) is 0 Å². The molecule has 6 nitrogen and oxygen atoms in total. The van der Waals surface area contributed by atoms with Crippen molar-refractivity contribution < 1.29 is 22.0 Å². The number of hydrogen-bond donors (Lipinski definition) is 2. The molecule has 0 aliphatic carbocycles. The van der Waals surface area contributed by atoms with Crippen molar-refractivity contribution in [3.63, 3.8) is 0 Å². The van der Waals surface area contributed by atoms with Crippen LogP contribution in [0.15, 0.2) is 29.2 Å². The van der Waals surface area contributed by atoms with Crippen molar-refractivity contribution in [2.24, 2.45) is 0 Å². The number of nitrogens with zero attached hydrogens (tertiary/aromatic N) is 1. The molecule has 1 amide bonds. The van der Waals surface area contributed by atoms with E-state index in [1.54, 1.807) is 18.7 Å². The van der Waals surface area contributed by atoms with Gasteiger partial charge >= 0.3 is 0 Å². The van der Waals surface area contributed by atoms with Crippen LogP contribution in [0.3, 0.4) is 0 Å². The highest BCUT2D eigenvalue weighted by Gasteiger charge is 2.26. The van der Waals surface area contributed by atoms with Crippen molar-refractivity contribution in [3.8, 4) is 0 Å². The first kappa shape index (κ1) is 19.7. The van der Waals surface area contributed by atoms with E-state index in [-0.39, 0.29) is 29.1 Å². The minimum atomic E-state index is -3.69. The summed E-state index contributed by atoms with van der Waals surface area (Å²) < 4.78 is 51.6. The standard InChI is InChI=1S/C16H23F2N3O3S/c1-11(2)20-25(23,24)14-5-3-4-12(8-14)16(22)19-13-6-7-21(9-13)10-15(17)18/h3-5,8,11,13,15,20H,6-7,9-10H2,1-2H3,(H,19,22). The summed E-state index contributed by atoms with van der Waals surface area (Å²) in [5.74, 6) is -0.412. The lowest BCUT2D eigenvalue weighted by Gasteiger charge is -2.16. The first-order valence-electron chi connectivity index (χ1n) is 8.11. The highest BCUT2D eigenvalue weighted by Crippen LogP contribution is 2.15. The predicted molar refractivity (Wildman–Crippen MR) is 90.2 cm³/mol. The topological polar surface area (TPSA) is 78.5 Å². The van der Waals surface area contributed by atoms with Gasteiger partial charge in [0.1, 0.15) is 0 Å². The number of rotatable bonds is 7. The van der Waals surface area contributed by atoms with Gasteiger partial charge in [-0.2, -0.15) is 0 Å². The summed E-state index contributed by atoms with van der Waals surface area (Å²) in [6, 6.07) is 5.27. The van der Waals surface area contributed by atoms with Crippen LogP contribution in [0, 0.1) is 0 Å². The second kappa shape index (κ2) is 8.20. The molecule has 2 N–H and O–H groups in total. The molecule has 140 valence electrons. The number of likely N-dealkylation sites (tertiary alicyclic amines) is 1. The van der Waals surface area contributed by atoms with Crippen molar-refractivity contribution >= 4 is 15.9 Å². The fourth-order valence-corrected chi connectivity index (χ4v) is 4.06. The van der Waals surface area contributed by atoms with Crippen LogP contribution in [0.1, 0.15) is 30.6 Å². The van der Waals surface area contributed by atoms with Crippen LogP contribution in [-0.2, 0) is 10.0 Å². The summed E-state index contributed by atoms with van der Waals surface area (Å²) in [5.41, 5.74) is 0.221. The third kappa shape index (κ3) is 5.72. The second-order valence-corrected chi connectivity index (χ2v) is 8.13. The first-order chi connectivity index (χ1) is 11.7. The molecule has 0 aromatic heterocycles. The number of hydrogen-bond acceptors (Lipinski definition) is 4. The molecule has 1 aromatic carbocycles. The van der Waals surface area contributed by atoms with Gasteiger partial charge in [-0.05, 0) is 38.5 Å². The molecule has 1 aromatic rings. The fraction of sp³-hybridized carbons (Fsp3) is 0.562. The van der Waals surface area contributed by atoms with Gasteiger partial charge in [-0.3, -0.25) is 9.69 Å². The highest BCUT2D eigenvalue weighted by molar-refractivity contribution is 7.89. The van der Waals surface area contributed by atoms with Crippen molar-refractivity contribution in [3.05, 3.63) is 29.8 Å². The summed E-state index contributed by atoms with van der Waals surface area (Å²) in [4.78, 5) is 14.0. The molecule has 25 heavy (non-hydrogen) atoms. The minimum absolute atomic E-state index is 0.0135. The van der Waals surface area contributed by atoms with Gasteiger partial charge in [0.05, 0.1) is 11.4 Å². The maximum absolute atomic E-state index is 12.4. The Morgan fingerprint density at radius 2 is 2.08 bits per heavy atom. The number of carbonyl (C=O) groups excluding carboxylic acids is 1. The average Bonchev–Trinajstić information content (AvgIpc) is 2.92. The average molecular weight is 375 g/mol. The molecule has 1 atom stereocenters. The van der Waals surface area contributed by atoms with E-state index in [9.17, 15) is 22.0 Å². The largest absolute Gasteiger partial charge is 0.348 e. The maximum Gasteiger partial charge on any atom is 0.251 e. The number of amides is 1. The Morgan fingerprint density at radius 1 is 1.36 bits per heavy atom. The molecular formula is C16H23F2N3O3S. The monoisotopic (exact) mass is 375 g/mol. The molecule has 0 bridgehead atoms. The van der Waals surface area contributed by atoms with Gasteiger partial charge in [-0.1, -0.05) is 6.07 Å². The van der Waals surface area contributed by atoms with E-state index in [2.05, 4.69) is 10.0 Å². The number of alkyl halides is 2. The van der Waals surface area contributed by atoms with Crippen LogP contribution < -0.4 is 10.0 Å². The number of nitrogens with one attached hydrogen (secondary N) is 2. The Hall–Kier alpha value is -1.58. The smallest absolute Gasteiger partial charge is 0.251 e. The zero-order chi connectivity index (χ0) is 18.6. The highest BCUT2D eigenvalue weighted by atomic mass is 32.2. The van der Waals surface area contributed by atoms with Gasteiger partial charge < -0.3 is 5.32 Å². The van der Waals surface area contributed by atoms with Gasteiger partial charge in [0.2, 0.25) is 10.0 Å². The summed E-state index contributed by atoms with van der Waals surface area (Å²) in [6.07, 6.45) is -1.81. The first-order valence-corrected chi connectivity index (χ1v) is 9.59. The van der Waals surface area contributed by atoms with E-state index in [0.29, 0.717) is 19.5 Å². The molecule has 1 aliphatic heterocycles. The molecular weight excluding hydrogens is 352 g/mol. The number of benzene rings is 1. The fourth-order valence-electron chi connectivity index (χ4n) is 2.76. The Labute approximate surface area is 146 Å². The third-order valence-electron chi connectivity index (χ3n) is 3.80. The zero-order valence-corrected chi connectivity index (χ0v) is 15.0. The lowest BCUT2D eigenvalue weighted by molar-refractivity contribution is 0.0918. The summed E-state index contributed by atoms with van der Waals surface area (Å²) in [6.45, 7) is 3.98. The van der Waals surface area contributed by atoms with Gasteiger partial charge in [0.15, 0.2) is 0 Å². The molecule has 1 aliphatic rings. The lowest BCUT2D eigenvalue weighted by atomic mass is 10.2. The Bertz CT molecular complexity index is 710. The molecule has 9 heteroatoms. The van der Waals surface area contributed by atoms with E-state index in [1.807, 2.05) is 0 Å². The van der Waals surface area contributed by atoms with Crippen molar-refractivity contribution in [1.82, 2.24) is 14.9 Å². The Morgan fingerprint density at radius 3 is 2.72 bits per heavy atom. The molecule has 2 rings (SSSR count). The zero-order valence-electron chi connectivity index (χ0n) is 14.2. The number of halogens is 2. The molecule has 1 unspecified atom stereocenters. The molecule has 1 fully saturated rings. The van der Waals surface area contributed by atoms with Gasteiger partial charge in [0.25, 0.3) is 12.3 Å². The van der Waals surface area contributed by atoms with Crippen molar-refractivity contribution in [1.29, 1.82) is 0 Å². The van der Waals surface area contributed by atoms with E-state index >= 15 is 0 Å². The predicted octanol–water partition coefficient (Wildman–Crippen LogP) is 1.44. The number of carbonyl (C=O) groups is 1. The summed E-state index contributed by atoms with van der Waals surface area (Å²) in [7, 11) is -3.69. The minimum Gasteiger partial charge on any atom is -0.348 e. The van der Waals surface area contributed by atoms with Crippen molar-refractivity contribution in [2.45, 2.75) is 43.7 Å². The summed E-state index contributed by atoms with van der Waals surface area (Å²) in [5, 5.41) is 2.78. The van der Waals surface area contributed by atoms with Crippen LogP contribution >= 0.6 is 0 Å². The normalized spacial score (nSPS) is 18.9. The van der Waals surface area contributed by atoms with Crippen LogP contribution in [-0.4, -0.2) is 57.4 Å². The van der Waals surface area contributed by atoms with E-state index < -0.39 is 22.4 Å². The molecule has 0 spiro atoms. The summed E-state index contributed by atoms with van der Waals surface area (Å²) >= 11 is 0. The quantitative estimate of drug-likeness (QED) is 0.756. The Balaban J connectivity index is 2.02. The molecule has 0 radical (unpaired) electrons. The molecule has 1 heterocycles.